The molecular weight excluding hydrogens is 324 g/mol. The first-order chi connectivity index (χ1) is 11.2. The van der Waals surface area contributed by atoms with E-state index in [1.807, 2.05) is 6.92 Å². The molecule has 0 bridgehead atoms. The van der Waals surface area contributed by atoms with Crippen LogP contribution >= 0.6 is 0 Å². The number of hydrogen-bond donors (Lipinski definition) is 6. The molecule has 0 amide bonds. The smallest absolute Gasteiger partial charge is 0.378 e. The summed E-state index contributed by atoms with van der Waals surface area (Å²) in [7, 11) is 0. The lowest BCUT2D eigenvalue weighted by Crippen LogP contribution is -2.65. The second kappa shape index (κ2) is 7.93. The minimum absolute atomic E-state index is 0.252. The maximum Gasteiger partial charge on any atom is 0.378 e. The molecule has 0 fully saturated rings. The van der Waals surface area contributed by atoms with Crippen molar-refractivity contribution in [2.45, 2.75) is 56.3 Å². The number of aliphatic hydroxyl groups excluding tert-OH is 5. The van der Waals surface area contributed by atoms with Crippen LogP contribution in [0.15, 0.2) is 11.5 Å². The van der Waals surface area contributed by atoms with Gasteiger partial charge in [-0.05, 0) is 6.42 Å². The summed E-state index contributed by atoms with van der Waals surface area (Å²) in [5.41, 5.74) is -5.35. The Labute approximate surface area is 138 Å². The lowest BCUT2D eigenvalue weighted by atomic mass is 9.74. The highest BCUT2D eigenvalue weighted by Gasteiger charge is 2.67. The van der Waals surface area contributed by atoms with Crippen molar-refractivity contribution in [2.24, 2.45) is 0 Å². The predicted molar refractivity (Wildman–Crippen MR) is 80.0 cm³/mol. The Morgan fingerprint density at radius 2 is 1.88 bits per heavy atom. The lowest BCUT2D eigenvalue weighted by Gasteiger charge is -2.41. The summed E-state index contributed by atoms with van der Waals surface area (Å²) >= 11 is 0. The number of ether oxygens (including phenoxy) is 1. The summed E-state index contributed by atoms with van der Waals surface area (Å²) in [5.74, 6) is -5.51. The van der Waals surface area contributed by atoms with Gasteiger partial charge in [0.15, 0.2) is 5.76 Å². The second-order valence-electron chi connectivity index (χ2n) is 5.83. The van der Waals surface area contributed by atoms with Crippen molar-refractivity contribution in [3.05, 3.63) is 11.5 Å². The van der Waals surface area contributed by atoms with Gasteiger partial charge in [-0.1, -0.05) is 32.6 Å². The SMILES string of the molecule is CCCCCC[C@](O)(CO)[C@@]1(C(=O)C(O)CO)OC(=O)C(O)=C1O. The summed E-state index contributed by atoms with van der Waals surface area (Å²) in [5, 5.41) is 58.5. The minimum atomic E-state index is -2.88. The van der Waals surface area contributed by atoms with E-state index >= 15 is 0 Å². The zero-order valence-corrected chi connectivity index (χ0v) is 13.4. The number of unbranched alkanes of at least 4 members (excludes halogenated alkanes) is 3. The number of carbonyl (C=O) groups is 2. The number of ketones is 1. The number of carbonyl (C=O) groups excluding carboxylic acids is 2. The number of hydrogen-bond acceptors (Lipinski definition) is 9. The minimum Gasteiger partial charge on any atom is -0.504 e. The number of esters is 1. The first kappa shape index (κ1) is 20.4. The molecule has 1 aliphatic heterocycles. The van der Waals surface area contributed by atoms with Gasteiger partial charge in [0, 0.05) is 0 Å². The summed E-state index contributed by atoms with van der Waals surface area (Å²) in [6.45, 7) is -0.205. The summed E-state index contributed by atoms with van der Waals surface area (Å²) in [6, 6.07) is 0. The van der Waals surface area contributed by atoms with E-state index in [0.29, 0.717) is 12.8 Å². The average Bonchev–Trinajstić information content (AvgIpc) is 2.82. The molecule has 1 aliphatic rings. The molecule has 0 saturated carbocycles. The van der Waals surface area contributed by atoms with Crippen LogP contribution in [0, 0.1) is 0 Å². The zero-order valence-electron chi connectivity index (χ0n) is 13.4. The Balaban J connectivity index is 3.31. The molecule has 6 N–H and O–H groups in total. The van der Waals surface area contributed by atoms with Gasteiger partial charge in [-0.3, -0.25) is 4.79 Å². The molecule has 0 saturated heterocycles. The van der Waals surface area contributed by atoms with Crippen molar-refractivity contribution in [3.63, 3.8) is 0 Å². The zero-order chi connectivity index (χ0) is 18.5. The van der Waals surface area contributed by atoms with Crippen LogP contribution in [0.2, 0.25) is 0 Å². The van der Waals surface area contributed by atoms with Crippen molar-refractivity contribution in [3.8, 4) is 0 Å². The van der Waals surface area contributed by atoms with Gasteiger partial charge in [0.1, 0.15) is 11.7 Å². The standard InChI is InChI=1S/C15H24O9/c1-2-3-4-5-6-14(23,8-17)15(11(20)9(18)7-16)12(21)10(19)13(22)24-15/h9,16-19,21,23H,2-8H2,1H3/t9?,14-,15-/m0/s1. The number of cyclic esters (lactones) is 1. The molecule has 9 nitrogen and oxygen atoms in total. The molecule has 3 atom stereocenters. The Morgan fingerprint density at radius 1 is 1.25 bits per heavy atom. The number of rotatable bonds is 10. The van der Waals surface area contributed by atoms with E-state index < -0.39 is 53.8 Å². The molecule has 0 aromatic heterocycles. The van der Waals surface area contributed by atoms with E-state index in [0.717, 1.165) is 12.8 Å². The molecule has 1 rings (SSSR count). The van der Waals surface area contributed by atoms with Crippen LogP contribution in [0.3, 0.4) is 0 Å². The predicted octanol–water partition coefficient (Wildman–Crippen LogP) is -0.774. The van der Waals surface area contributed by atoms with Crippen molar-refractivity contribution in [2.75, 3.05) is 13.2 Å². The van der Waals surface area contributed by atoms with E-state index in [9.17, 15) is 35.1 Å². The fraction of sp³-hybridized carbons (Fsp3) is 0.733. The number of aliphatic hydroxyl groups is 6. The molecule has 1 heterocycles. The normalized spacial score (nSPS) is 24.6. The van der Waals surface area contributed by atoms with Gasteiger partial charge < -0.3 is 35.4 Å². The Morgan fingerprint density at radius 3 is 2.29 bits per heavy atom. The van der Waals surface area contributed by atoms with Gasteiger partial charge >= 0.3 is 5.97 Å². The highest BCUT2D eigenvalue weighted by Crippen LogP contribution is 2.43. The second-order valence-corrected chi connectivity index (χ2v) is 5.83. The van der Waals surface area contributed by atoms with Gasteiger partial charge in [0.2, 0.25) is 11.5 Å². The lowest BCUT2D eigenvalue weighted by molar-refractivity contribution is -0.202. The van der Waals surface area contributed by atoms with Crippen molar-refractivity contribution in [1.29, 1.82) is 0 Å². The topological polar surface area (TPSA) is 165 Å². The Bertz CT molecular complexity index is 515. The highest BCUT2D eigenvalue weighted by atomic mass is 16.6. The maximum absolute atomic E-state index is 12.4. The first-order valence-electron chi connectivity index (χ1n) is 7.74. The highest BCUT2D eigenvalue weighted by molar-refractivity contribution is 6.03. The first-order valence-corrected chi connectivity index (χ1v) is 7.74. The van der Waals surface area contributed by atoms with Crippen LogP contribution in [0.1, 0.15) is 39.0 Å². The van der Waals surface area contributed by atoms with E-state index in [1.54, 1.807) is 0 Å². The molecular formula is C15H24O9. The van der Waals surface area contributed by atoms with Crippen molar-refractivity contribution < 1.29 is 45.0 Å². The molecule has 138 valence electrons. The van der Waals surface area contributed by atoms with E-state index in [2.05, 4.69) is 0 Å². The molecule has 0 spiro atoms. The average molecular weight is 348 g/mol. The molecule has 0 aromatic carbocycles. The summed E-state index contributed by atoms with van der Waals surface area (Å²) in [4.78, 5) is 24.0. The number of Topliss-reactive ketones (excluding diaryl/α,β-unsaturated/α-hetero) is 1. The van der Waals surface area contributed by atoms with E-state index in [-0.39, 0.29) is 6.42 Å². The Hall–Kier alpha value is -1.68. The third kappa shape index (κ3) is 3.25. The summed E-state index contributed by atoms with van der Waals surface area (Å²) < 4.78 is 4.73. The maximum atomic E-state index is 12.4. The van der Waals surface area contributed by atoms with Gasteiger partial charge in [-0.25, -0.2) is 4.79 Å². The monoisotopic (exact) mass is 348 g/mol. The van der Waals surface area contributed by atoms with Crippen molar-refractivity contribution in [1.82, 2.24) is 0 Å². The summed E-state index contributed by atoms with van der Waals surface area (Å²) in [6.07, 6.45) is 0.300. The fourth-order valence-corrected chi connectivity index (χ4v) is 2.74. The third-order valence-corrected chi connectivity index (χ3v) is 4.18. The van der Waals surface area contributed by atoms with Crippen LogP contribution in [-0.2, 0) is 14.3 Å². The molecule has 0 aliphatic carbocycles. The van der Waals surface area contributed by atoms with Gasteiger partial charge in [0.05, 0.1) is 13.2 Å². The van der Waals surface area contributed by atoms with Gasteiger partial charge in [-0.2, -0.15) is 0 Å². The van der Waals surface area contributed by atoms with Crippen LogP contribution in [0.25, 0.3) is 0 Å². The molecule has 24 heavy (non-hydrogen) atoms. The van der Waals surface area contributed by atoms with Crippen LogP contribution < -0.4 is 0 Å². The molecule has 0 radical (unpaired) electrons. The van der Waals surface area contributed by atoms with E-state index in [1.165, 1.54) is 0 Å². The molecule has 9 heteroatoms. The van der Waals surface area contributed by atoms with Crippen LogP contribution in [-0.4, -0.2) is 72.9 Å². The van der Waals surface area contributed by atoms with Gasteiger partial charge in [-0.15, -0.1) is 0 Å². The van der Waals surface area contributed by atoms with Crippen LogP contribution in [0.5, 0.6) is 0 Å². The molecule has 0 aromatic rings. The third-order valence-electron chi connectivity index (χ3n) is 4.18. The quantitative estimate of drug-likeness (QED) is 0.219. The molecule has 1 unspecified atom stereocenters. The van der Waals surface area contributed by atoms with E-state index in [4.69, 9.17) is 9.84 Å². The van der Waals surface area contributed by atoms with Crippen molar-refractivity contribution >= 4 is 11.8 Å². The largest absolute Gasteiger partial charge is 0.504 e. The van der Waals surface area contributed by atoms with Crippen LogP contribution in [0.4, 0.5) is 0 Å². The van der Waals surface area contributed by atoms with Gasteiger partial charge in [0.25, 0.3) is 5.60 Å². The Kier molecular flexibility index (Phi) is 6.73. The fourth-order valence-electron chi connectivity index (χ4n) is 2.74.